The number of halogens is 6. The maximum absolute atomic E-state index is 13.2. The Bertz CT molecular complexity index is 1950. The lowest BCUT2D eigenvalue weighted by Gasteiger charge is -2.37. The summed E-state index contributed by atoms with van der Waals surface area (Å²) in [6.07, 6.45) is 4.72. The van der Waals surface area contributed by atoms with Gasteiger partial charge in [-0.05, 0) is 86.8 Å². The summed E-state index contributed by atoms with van der Waals surface area (Å²) in [7, 11) is -5.86. The number of benzene rings is 4. The number of fused-ring (bicyclic) bond motifs is 7. The lowest BCUT2D eigenvalue weighted by Crippen LogP contribution is -2.29. The predicted molar refractivity (Wildman–Crippen MR) is 186 cm³/mol. The van der Waals surface area contributed by atoms with Crippen molar-refractivity contribution < 1.29 is 52.3 Å². The summed E-state index contributed by atoms with van der Waals surface area (Å²) in [6, 6.07) is 17.2. The van der Waals surface area contributed by atoms with Crippen LogP contribution in [0.5, 0.6) is 11.5 Å². The highest BCUT2D eigenvalue weighted by molar-refractivity contribution is 7.90. The largest absolute Gasteiger partial charge is 0.550 e. The van der Waals surface area contributed by atoms with E-state index in [1.807, 2.05) is 24.3 Å². The molecule has 2 atom stereocenters. The predicted octanol–water partition coefficient (Wildman–Crippen LogP) is 12.5. The molecule has 0 saturated heterocycles. The fourth-order valence-electron chi connectivity index (χ4n) is 7.45. The van der Waals surface area contributed by atoms with Crippen LogP contribution in [0.1, 0.15) is 96.1 Å². The van der Waals surface area contributed by atoms with Gasteiger partial charge in [-0.1, -0.05) is 109 Å². The topological polar surface area (TPSA) is 71.1 Å². The van der Waals surface area contributed by atoms with Crippen molar-refractivity contribution in [2.75, 3.05) is 0 Å². The van der Waals surface area contributed by atoms with Gasteiger partial charge in [0, 0.05) is 5.41 Å². The standard InChI is InChI=1S/C37H40F6O6S2/c1-4-7-9-10-20-35(23-24(6-3)11-8-5-2)33-29-18-14-27(46-50-49-48-36(38,39)40)21-25(29)12-16-31(33)32-17-13-26-22-28(15-19-30(26)34(32)35)47-51(44,45)37(41,42)43/h12-19,21-22,24H,4-11,20,23H2,1-3H3. The van der Waals surface area contributed by atoms with Crippen LogP contribution in [0.3, 0.4) is 0 Å². The third-order valence-electron chi connectivity index (χ3n) is 9.64. The molecule has 0 radical (unpaired) electrons. The molecule has 4 aromatic rings. The van der Waals surface area contributed by atoms with E-state index in [0.29, 0.717) is 11.3 Å². The minimum absolute atomic E-state index is 0.0461. The van der Waals surface area contributed by atoms with Gasteiger partial charge in [-0.2, -0.15) is 21.6 Å². The molecule has 4 aromatic carbocycles. The molecule has 0 bridgehead atoms. The lowest BCUT2D eigenvalue weighted by molar-refractivity contribution is -0.441. The van der Waals surface area contributed by atoms with Crippen molar-refractivity contribution in [3.8, 4) is 22.6 Å². The second-order valence-electron chi connectivity index (χ2n) is 13.0. The number of hydrogen-bond acceptors (Lipinski definition) is 7. The summed E-state index contributed by atoms with van der Waals surface area (Å²) in [5.74, 6) is 0.173. The Hall–Kier alpha value is -3.20. The van der Waals surface area contributed by atoms with Crippen molar-refractivity contribution >= 4 is 44.0 Å². The van der Waals surface area contributed by atoms with Crippen molar-refractivity contribution in [1.82, 2.24) is 0 Å². The Labute approximate surface area is 298 Å². The molecule has 6 nitrogen and oxygen atoms in total. The van der Waals surface area contributed by atoms with Crippen LogP contribution in [0.15, 0.2) is 60.7 Å². The number of hydrogen-bond donors (Lipinski definition) is 0. The summed E-state index contributed by atoms with van der Waals surface area (Å²) < 4.78 is 114. The first-order valence-corrected chi connectivity index (χ1v) is 19.1. The van der Waals surface area contributed by atoms with E-state index in [1.165, 1.54) is 12.1 Å². The van der Waals surface area contributed by atoms with Gasteiger partial charge >= 0.3 is 22.0 Å². The number of alkyl halides is 6. The molecule has 0 spiro atoms. The van der Waals surface area contributed by atoms with Gasteiger partial charge in [-0.25, -0.2) is 0 Å². The fourth-order valence-corrected chi connectivity index (χ4v) is 8.22. The maximum Gasteiger partial charge on any atom is 0.550 e. The van der Waals surface area contributed by atoms with Crippen LogP contribution in [0, 0.1) is 5.92 Å². The van der Waals surface area contributed by atoms with E-state index >= 15 is 0 Å². The third-order valence-corrected chi connectivity index (χ3v) is 11.0. The highest BCUT2D eigenvalue weighted by atomic mass is 32.2. The van der Waals surface area contributed by atoms with Crippen molar-refractivity contribution in [1.29, 1.82) is 0 Å². The molecule has 5 rings (SSSR count). The Morgan fingerprint density at radius 1 is 0.745 bits per heavy atom. The van der Waals surface area contributed by atoms with Crippen LogP contribution in [0.4, 0.5) is 26.3 Å². The van der Waals surface area contributed by atoms with E-state index in [2.05, 4.69) is 34.2 Å². The molecular formula is C37H40F6O6S2. The van der Waals surface area contributed by atoms with Gasteiger partial charge in [-0.3, -0.25) is 0 Å². The van der Waals surface area contributed by atoms with E-state index < -0.39 is 33.2 Å². The molecule has 278 valence electrons. The van der Waals surface area contributed by atoms with Gasteiger partial charge in [0.2, 0.25) is 0 Å². The van der Waals surface area contributed by atoms with Gasteiger partial charge in [0.15, 0.2) is 0 Å². The second kappa shape index (κ2) is 15.8. The molecular weight excluding hydrogens is 719 g/mol. The van der Waals surface area contributed by atoms with Gasteiger partial charge < -0.3 is 8.37 Å². The Morgan fingerprint density at radius 2 is 1.33 bits per heavy atom. The zero-order chi connectivity index (χ0) is 37.0. The highest BCUT2D eigenvalue weighted by Crippen LogP contribution is 2.59. The average Bonchev–Trinajstić information content (AvgIpc) is 3.35. The molecule has 1 aliphatic rings. The normalized spacial score (nSPS) is 16.7. The average molecular weight is 759 g/mol. The van der Waals surface area contributed by atoms with Gasteiger partial charge in [0.25, 0.3) is 12.3 Å². The molecule has 0 saturated carbocycles. The molecule has 0 N–H and O–H groups in total. The first-order valence-electron chi connectivity index (χ1n) is 17.1. The first kappa shape index (κ1) is 39.0. The van der Waals surface area contributed by atoms with Crippen LogP contribution in [0.25, 0.3) is 32.7 Å². The monoisotopic (exact) mass is 758 g/mol. The van der Waals surface area contributed by atoms with E-state index in [9.17, 15) is 34.8 Å². The van der Waals surface area contributed by atoms with Gasteiger partial charge in [0.1, 0.15) is 11.5 Å². The van der Waals surface area contributed by atoms with E-state index in [4.69, 9.17) is 4.18 Å². The molecule has 1 aliphatic carbocycles. The van der Waals surface area contributed by atoms with E-state index in [1.54, 1.807) is 24.3 Å². The quantitative estimate of drug-likeness (QED) is 0.0202. The molecule has 0 aromatic heterocycles. The minimum atomic E-state index is -5.86. The van der Waals surface area contributed by atoms with Crippen molar-refractivity contribution in [2.24, 2.45) is 5.92 Å². The molecule has 0 aliphatic heterocycles. The Kier molecular flexibility index (Phi) is 12.1. The highest BCUT2D eigenvalue weighted by Gasteiger charge is 2.49. The number of unbranched alkanes of at least 4 members (excludes halogenated alkanes) is 4. The van der Waals surface area contributed by atoms with Crippen LogP contribution >= 0.6 is 12.3 Å². The Balaban J connectivity index is 1.69. The molecule has 2 unspecified atom stereocenters. The van der Waals surface area contributed by atoms with Crippen molar-refractivity contribution in [2.45, 2.75) is 102 Å². The second-order valence-corrected chi connectivity index (χ2v) is 15.0. The maximum atomic E-state index is 13.2. The first-order chi connectivity index (χ1) is 24.1. The Morgan fingerprint density at radius 3 is 1.88 bits per heavy atom. The third kappa shape index (κ3) is 8.55. The SMILES string of the molecule is CCCCCCC1(CC(CC)CCCC)c2c(ccc3cc(OSOOC(F)(F)F)ccc23)-c2ccc3cc(OS(=O)(=O)C(F)(F)F)ccc3c21. The van der Waals surface area contributed by atoms with Crippen molar-refractivity contribution in [3.63, 3.8) is 0 Å². The molecule has 0 fully saturated rings. The summed E-state index contributed by atoms with van der Waals surface area (Å²) in [5, 5.41) is 3.09. The summed E-state index contributed by atoms with van der Waals surface area (Å²) >= 11 is 0.0461. The minimum Gasteiger partial charge on any atom is -0.399 e. The van der Waals surface area contributed by atoms with Crippen LogP contribution in [-0.2, 0) is 24.8 Å². The molecule has 0 amide bonds. The zero-order valence-electron chi connectivity index (χ0n) is 28.5. The lowest BCUT2D eigenvalue weighted by atomic mass is 9.66. The van der Waals surface area contributed by atoms with Crippen LogP contribution in [-0.4, -0.2) is 20.3 Å². The van der Waals surface area contributed by atoms with Crippen LogP contribution < -0.4 is 8.37 Å². The molecule has 0 heterocycles. The summed E-state index contributed by atoms with van der Waals surface area (Å²) in [4.78, 5) is 3.32. The van der Waals surface area contributed by atoms with Crippen molar-refractivity contribution in [3.05, 3.63) is 71.8 Å². The van der Waals surface area contributed by atoms with E-state index in [-0.39, 0.29) is 18.1 Å². The van der Waals surface area contributed by atoms with Gasteiger partial charge in [0.05, 0.1) is 0 Å². The zero-order valence-corrected chi connectivity index (χ0v) is 30.1. The van der Waals surface area contributed by atoms with Gasteiger partial charge in [-0.15, -0.1) is 22.4 Å². The van der Waals surface area contributed by atoms with E-state index in [0.717, 1.165) is 103 Å². The summed E-state index contributed by atoms with van der Waals surface area (Å²) in [5.41, 5.74) is -1.92. The molecule has 51 heavy (non-hydrogen) atoms. The fraction of sp³-hybridized carbons (Fsp3) is 0.459. The number of rotatable bonds is 17. The smallest absolute Gasteiger partial charge is 0.399 e. The molecule has 14 heteroatoms. The summed E-state index contributed by atoms with van der Waals surface area (Å²) in [6.45, 7) is 6.49. The van der Waals surface area contributed by atoms with Crippen LogP contribution in [0.2, 0.25) is 0 Å².